The van der Waals surface area contributed by atoms with E-state index in [0.29, 0.717) is 27.9 Å². The van der Waals surface area contributed by atoms with E-state index in [1.807, 2.05) is 42.5 Å². The molecule has 27 heavy (non-hydrogen) atoms. The largest absolute Gasteiger partial charge is 0.457 e. The molecule has 0 radical (unpaired) electrons. The van der Waals surface area contributed by atoms with Crippen molar-refractivity contribution in [1.82, 2.24) is 4.98 Å². The Balaban J connectivity index is 1.54. The van der Waals surface area contributed by atoms with Crippen molar-refractivity contribution in [2.75, 3.05) is 5.32 Å². The molecular weight excluding hydrogens is 340 g/mol. The molecule has 4 rings (SSSR count). The number of anilines is 1. The van der Waals surface area contributed by atoms with E-state index in [2.05, 4.69) is 10.3 Å². The van der Waals surface area contributed by atoms with Gasteiger partial charge in [-0.3, -0.25) is 9.59 Å². The zero-order chi connectivity index (χ0) is 18.6. The Morgan fingerprint density at radius 3 is 2.26 bits per heavy atom. The van der Waals surface area contributed by atoms with Crippen LogP contribution in [0.5, 0.6) is 11.5 Å². The van der Waals surface area contributed by atoms with Gasteiger partial charge in [0.2, 0.25) is 5.56 Å². The molecule has 0 unspecified atom stereocenters. The fourth-order valence-corrected chi connectivity index (χ4v) is 2.82. The van der Waals surface area contributed by atoms with E-state index < -0.39 is 0 Å². The van der Waals surface area contributed by atoms with E-state index in [4.69, 9.17) is 4.74 Å². The topological polar surface area (TPSA) is 71.2 Å². The number of amides is 1. The van der Waals surface area contributed by atoms with Crippen LogP contribution < -0.4 is 15.6 Å². The minimum absolute atomic E-state index is 0.314. The smallest absolute Gasteiger partial charge is 0.256 e. The lowest BCUT2D eigenvalue weighted by Crippen LogP contribution is -2.16. The molecule has 2 N–H and O–H groups in total. The minimum atomic E-state index is -0.339. The van der Waals surface area contributed by atoms with Crippen LogP contribution in [0.1, 0.15) is 10.4 Å². The fraction of sp³-hybridized carbons (Fsp3) is 0. The molecule has 0 aliphatic rings. The number of hydrogen-bond acceptors (Lipinski definition) is 3. The van der Waals surface area contributed by atoms with Gasteiger partial charge in [-0.05, 0) is 42.5 Å². The zero-order valence-electron chi connectivity index (χ0n) is 14.3. The van der Waals surface area contributed by atoms with E-state index in [0.717, 1.165) is 5.75 Å². The van der Waals surface area contributed by atoms with Gasteiger partial charge >= 0.3 is 0 Å². The first-order chi connectivity index (χ1) is 13.2. The van der Waals surface area contributed by atoms with Gasteiger partial charge in [0.25, 0.3) is 5.91 Å². The summed E-state index contributed by atoms with van der Waals surface area (Å²) in [6, 6.07) is 25.0. The number of nitrogens with one attached hydrogen (secondary N) is 2. The Morgan fingerprint density at radius 2 is 1.48 bits per heavy atom. The number of benzene rings is 3. The number of hydrogen-bond donors (Lipinski definition) is 2. The average Bonchev–Trinajstić information content (AvgIpc) is 2.69. The summed E-state index contributed by atoms with van der Waals surface area (Å²) < 4.78 is 5.74. The first-order valence-electron chi connectivity index (χ1n) is 8.45. The lowest BCUT2D eigenvalue weighted by Gasteiger charge is -2.09. The molecule has 1 aromatic heterocycles. The second-order valence-corrected chi connectivity index (χ2v) is 5.99. The molecule has 132 valence electrons. The Labute approximate surface area is 155 Å². The number of aromatic amines is 1. The molecule has 3 aromatic carbocycles. The lowest BCUT2D eigenvalue weighted by molar-refractivity contribution is 0.102. The van der Waals surface area contributed by atoms with E-state index in [-0.39, 0.29) is 11.5 Å². The summed E-state index contributed by atoms with van der Waals surface area (Å²) in [6.45, 7) is 0. The average molecular weight is 356 g/mol. The highest BCUT2D eigenvalue weighted by Gasteiger charge is 2.12. The Hall–Kier alpha value is -3.86. The first-order valence-corrected chi connectivity index (χ1v) is 8.45. The number of para-hydroxylation sites is 2. The van der Waals surface area contributed by atoms with Crippen LogP contribution >= 0.6 is 0 Å². The fourth-order valence-electron chi connectivity index (χ4n) is 2.82. The zero-order valence-corrected chi connectivity index (χ0v) is 14.3. The Kier molecular flexibility index (Phi) is 4.41. The number of pyridine rings is 1. The van der Waals surface area contributed by atoms with Gasteiger partial charge in [-0.25, -0.2) is 0 Å². The quantitative estimate of drug-likeness (QED) is 0.562. The summed E-state index contributed by atoms with van der Waals surface area (Å²) in [5.74, 6) is 1.07. The maximum absolute atomic E-state index is 12.7. The molecule has 4 aromatic rings. The number of rotatable bonds is 4. The van der Waals surface area contributed by atoms with Crippen LogP contribution in [0, 0.1) is 0 Å². The van der Waals surface area contributed by atoms with E-state index in [1.54, 1.807) is 36.4 Å². The SMILES string of the molecule is O=C(Nc1ccc(Oc2ccccc2)cc1)c1cc(=O)[nH]c2ccccc12. The second-order valence-electron chi connectivity index (χ2n) is 5.99. The molecule has 0 aliphatic heterocycles. The van der Waals surface area contributed by atoms with Crippen LogP contribution in [0.25, 0.3) is 10.9 Å². The lowest BCUT2D eigenvalue weighted by atomic mass is 10.1. The predicted octanol–water partition coefficient (Wildman–Crippen LogP) is 4.57. The van der Waals surface area contributed by atoms with Crippen LogP contribution in [0.3, 0.4) is 0 Å². The van der Waals surface area contributed by atoms with Crippen molar-refractivity contribution in [2.24, 2.45) is 0 Å². The third kappa shape index (κ3) is 3.72. The summed E-state index contributed by atoms with van der Waals surface area (Å²) >= 11 is 0. The predicted molar refractivity (Wildman–Crippen MR) is 105 cm³/mol. The molecule has 1 heterocycles. The van der Waals surface area contributed by atoms with Crippen molar-refractivity contribution in [3.05, 3.63) is 101 Å². The van der Waals surface area contributed by atoms with Gasteiger partial charge in [0.15, 0.2) is 0 Å². The highest BCUT2D eigenvalue weighted by atomic mass is 16.5. The standard InChI is InChI=1S/C22H16N2O3/c25-21-14-19(18-8-4-5-9-20(18)24-21)22(26)23-15-10-12-17(13-11-15)27-16-6-2-1-3-7-16/h1-14H,(H,23,26)(H,24,25). The molecule has 0 bridgehead atoms. The van der Waals surface area contributed by atoms with Crippen LogP contribution in [0.15, 0.2) is 89.7 Å². The summed E-state index contributed by atoms with van der Waals surface area (Å²) in [5, 5.41) is 3.51. The monoisotopic (exact) mass is 356 g/mol. The van der Waals surface area contributed by atoms with E-state index in [9.17, 15) is 9.59 Å². The van der Waals surface area contributed by atoms with Crippen molar-refractivity contribution in [3.63, 3.8) is 0 Å². The van der Waals surface area contributed by atoms with Crippen molar-refractivity contribution in [2.45, 2.75) is 0 Å². The Morgan fingerprint density at radius 1 is 0.815 bits per heavy atom. The number of aromatic nitrogens is 1. The van der Waals surface area contributed by atoms with Crippen LogP contribution in [0.2, 0.25) is 0 Å². The number of carbonyl (C=O) groups excluding carboxylic acids is 1. The van der Waals surface area contributed by atoms with Gasteiger partial charge in [-0.2, -0.15) is 0 Å². The molecule has 0 aliphatic carbocycles. The molecular formula is C22H16N2O3. The van der Waals surface area contributed by atoms with E-state index in [1.165, 1.54) is 6.07 Å². The Bertz CT molecular complexity index is 1150. The first kappa shape index (κ1) is 16.6. The summed E-state index contributed by atoms with van der Waals surface area (Å²) in [7, 11) is 0. The van der Waals surface area contributed by atoms with Gasteiger partial charge in [0, 0.05) is 22.7 Å². The number of H-pyrrole nitrogens is 1. The minimum Gasteiger partial charge on any atom is -0.457 e. The molecule has 5 nitrogen and oxygen atoms in total. The van der Waals surface area contributed by atoms with Gasteiger partial charge in [0.05, 0.1) is 5.56 Å². The van der Waals surface area contributed by atoms with Gasteiger partial charge in [-0.1, -0.05) is 36.4 Å². The number of carbonyl (C=O) groups is 1. The highest BCUT2D eigenvalue weighted by Crippen LogP contribution is 2.23. The normalized spacial score (nSPS) is 10.5. The molecule has 0 fully saturated rings. The summed E-state index contributed by atoms with van der Waals surface area (Å²) in [4.78, 5) is 27.2. The molecule has 0 saturated carbocycles. The third-order valence-electron chi connectivity index (χ3n) is 4.09. The molecule has 5 heteroatoms. The van der Waals surface area contributed by atoms with E-state index >= 15 is 0 Å². The van der Waals surface area contributed by atoms with Crippen molar-refractivity contribution in [3.8, 4) is 11.5 Å². The van der Waals surface area contributed by atoms with Crippen molar-refractivity contribution in [1.29, 1.82) is 0 Å². The van der Waals surface area contributed by atoms with Crippen LogP contribution in [0.4, 0.5) is 5.69 Å². The van der Waals surface area contributed by atoms with Crippen molar-refractivity contribution >= 4 is 22.5 Å². The van der Waals surface area contributed by atoms with Crippen LogP contribution in [-0.4, -0.2) is 10.9 Å². The number of ether oxygens (including phenoxy) is 1. The van der Waals surface area contributed by atoms with Gasteiger partial charge in [-0.15, -0.1) is 0 Å². The highest BCUT2D eigenvalue weighted by molar-refractivity contribution is 6.12. The maximum Gasteiger partial charge on any atom is 0.256 e. The van der Waals surface area contributed by atoms with Gasteiger partial charge in [0.1, 0.15) is 11.5 Å². The van der Waals surface area contributed by atoms with Gasteiger partial charge < -0.3 is 15.0 Å². The second kappa shape index (κ2) is 7.17. The van der Waals surface area contributed by atoms with Crippen LogP contribution in [-0.2, 0) is 0 Å². The van der Waals surface area contributed by atoms with Crippen molar-refractivity contribution < 1.29 is 9.53 Å². The summed E-state index contributed by atoms with van der Waals surface area (Å²) in [5.41, 5.74) is 1.26. The molecule has 0 atom stereocenters. The summed E-state index contributed by atoms with van der Waals surface area (Å²) in [6.07, 6.45) is 0. The maximum atomic E-state index is 12.7. The third-order valence-corrected chi connectivity index (χ3v) is 4.09. The molecule has 1 amide bonds. The molecule has 0 spiro atoms. The number of fused-ring (bicyclic) bond motifs is 1. The molecule has 0 saturated heterocycles.